The number of benzene rings is 2. The summed E-state index contributed by atoms with van der Waals surface area (Å²) in [4.78, 5) is 14.4. The number of rotatable bonds is 9. The molecule has 1 atom stereocenters. The average molecular weight is 396 g/mol. The second-order valence-corrected chi connectivity index (χ2v) is 8.80. The molecule has 0 spiro atoms. The van der Waals surface area contributed by atoms with Crippen molar-refractivity contribution in [2.24, 2.45) is 0 Å². The van der Waals surface area contributed by atoms with E-state index in [1.807, 2.05) is 12.1 Å². The lowest BCUT2D eigenvalue weighted by molar-refractivity contribution is -0.916. The van der Waals surface area contributed by atoms with Gasteiger partial charge in [0.15, 0.2) is 6.54 Å². The highest BCUT2D eigenvalue weighted by Crippen LogP contribution is 2.32. The lowest BCUT2D eigenvalue weighted by Gasteiger charge is -2.22. The van der Waals surface area contributed by atoms with Crippen molar-refractivity contribution in [3.05, 3.63) is 59.2 Å². The number of hydrogen-bond acceptors (Lipinski definition) is 2. The quantitative estimate of drug-likeness (QED) is 0.670. The Morgan fingerprint density at radius 2 is 1.62 bits per heavy atom. The Morgan fingerprint density at radius 3 is 2.10 bits per heavy atom. The smallest absolute Gasteiger partial charge is 0.279 e. The van der Waals surface area contributed by atoms with Crippen LogP contribution >= 0.6 is 0 Å². The Kier molecular flexibility index (Phi) is 6.96. The fourth-order valence-corrected chi connectivity index (χ4v) is 3.93. The number of carbonyl (C=O) groups is 1. The first-order valence-electron chi connectivity index (χ1n) is 10.8. The van der Waals surface area contributed by atoms with Crippen LogP contribution in [0.15, 0.2) is 42.5 Å². The summed E-state index contributed by atoms with van der Waals surface area (Å²) in [5, 5.41) is 3.28. The van der Waals surface area contributed by atoms with Gasteiger partial charge in [-0.05, 0) is 47.2 Å². The topological polar surface area (TPSA) is 42.8 Å². The fraction of sp³-hybridized carbons (Fsp3) is 0.480. The van der Waals surface area contributed by atoms with Crippen LogP contribution in [0.3, 0.4) is 0 Å². The molecule has 1 fully saturated rings. The van der Waals surface area contributed by atoms with Gasteiger partial charge in [-0.3, -0.25) is 4.79 Å². The highest BCUT2D eigenvalue weighted by molar-refractivity contribution is 5.93. The van der Waals surface area contributed by atoms with Crippen molar-refractivity contribution in [2.75, 3.05) is 19.0 Å². The first kappa shape index (κ1) is 21.4. The Balaban J connectivity index is 1.73. The molecule has 1 saturated carbocycles. The largest absolute Gasteiger partial charge is 0.497 e. The zero-order valence-electron chi connectivity index (χ0n) is 18.4. The number of ether oxygens (including phenoxy) is 1. The van der Waals surface area contributed by atoms with E-state index in [1.54, 1.807) is 7.11 Å². The predicted molar refractivity (Wildman–Crippen MR) is 119 cm³/mol. The van der Waals surface area contributed by atoms with Crippen molar-refractivity contribution in [2.45, 2.75) is 65.0 Å². The number of quaternary nitrogens is 1. The molecular weight excluding hydrogens is 360 g/mol. The molecule has 0 radical (unpaired) electrons. The van der Waals surface area contributed by atoms with E-state index in [1.165, 1.54) is 34.4 Å². The van der Waals surface area contributed by atoms with Gasteiger partial charge in [0.1, 0.15) is 12.3 Å². The lowest BCUT2D eigenvalue weighted by atomic mass is 9.92. The molecule has 4 heteroatoms. The van der Waals surface area contributed by atoms with Gasteiger partial charge in [0.05, 0.1) is 13.2 Å². The minimum Gasteiger partial charge on any atom is -0.497 e. The van der Waals surface area contributed by atoms with Crippen LogP contribution < -0.4 is 15.0 Å². The minimum atomic E-state index is 0.107. The van der Waals surface area contributed by atoms with E-state index in [2.05, 4.69) is 63.3 Å². The van der Waals surface area contributed by atoms with Crippen LogP contribution in [0.1, 0.15) is 69.1 Å². The number of amides is 1. The van der Waals surface area contributed by atoms with Gasteiger partial charge in [0.2, 0.25) is 0 Å². The summed E-state index contributed by atoms with van der Waals surface area (Å²) in [5.41, 5.74) is 4.69. The zero-order chi connectivity index (χ0) is 21.0. The third-order valence-corrected chi connectivity index (χ3v) is 5.77. The second kappa shape index (κ2) is 9.45. The summed E-state index contributed by atoms with van der Waals surface area (Å²) in [5.74, 6) is 1.71. The van der Waals surface area contributed by atoms with E-state index in [-0.39, 0.29) is 5.91 Å². The van der Waals surface area contributed by atoms with Crippen molar-refractivity contribution in [3.8, 4) is 5.75 Å². The first-order valence-corrected chi connectivity index (χ1v) is 10.8. The van der Waals surface area contributed by atoms with Crippen LogP contribution in [0.4, 0.5) is 5.69 Å². The average Bonchev–Trinajstić information content (AvgIpc) is 3.53. The van der Waals surface area contributed by atoms with Crippen LogP contribution in [0.5, 0.6) is 5.75 Å². The standard InChI is InChI=1S/C25H34N2O2/c1-17(2)22-7-6-8-23(18(3)4)25(22)26-24(28)16-27(20-11-12-20)15-19-9-13-21(29-5)14-10-19/h6-10,13-14,17-18,20H,11-12,15-16H2,1-5H3,(H,26,28)/p+1. The molecular formula is C25H35N2O2+. The normalized spacial score (nSPS) is 14.9. The Morgan fingerprint density at radius 1 is 1.03 bits per heavy atom. The highest BCUT2D eigenvalue weighted by atomic mass is 16.5. The molecule has 0 aliphatic heterocycles. The van der Waals surface area contributed by atoms with E-state index >= 15 is 0 Å². The fourth-order valence-electron chi connectivity index (χ4n) is 3.93. The molecule has 1 aliphatic rings. The molecule has 29 heavy (non-hydrogen) atoms. The molecule has 2 N–H and O–H groups in total. The summed E-state index contributed by atoms with van der Waals surface area (Å²) < 4.78 is 5.25. The predicted octanol–water partition coefficient (Wildman–Crippen LogP) is 4.13. The molecule has 0 aromatic heterocycles. The minimum absolute atomic E-state index is 0.107. The number of nitrogens with one attached hydrogen (secondary N) is 2. The van der Waals surface area contributed by atoms with Gasteiger partial charge in [-0.25, -0.2) is 0 Å². The van der Waals surface area contributed by atoms with Gasteiger partial charge < -0.3 is 15.0 Å². The first-order chi connectivity index (χ1) is 13.9. The van der Waals surface area contributed by atoms with Crippen LogP contribution in [0.25, 0.3) is 0 Å². The second-order valence-electron chi connectivity index (χ2n) is 8.80. The summed E-state index contributed by atoms with van der Waals surface area (Å²) in [6, 6.07) is 15.2. The molecule has 1 unspecified atom stereocenters. The van der Waals surface area contributed by atoms with Crippen molar-refractivity contribution in [1.29, 1.82) is 0 Å². The number of hydrogen-bond donors (Lipinski definition) is 2. The number of para-hydroxylation sites is 1. The van der Waals surface area contributed by atoms with Crippen LogP contribution in [-0.2, 0) is 11.3 Å². The Labute approximate surface area is 175 Å². The van der Waals surface area contributed by atoms with Crippen molar-refractivity contribution < 1.29 is 14.4 Å². The van der Waals surface area contributed by atoms with Gasteiger partial charge in [-0.1, -0.05) is 45.9 Å². The van der Waals surface area contributed by atoms with Gasteiger partial charge in [0, 0.05) is 24.1 Å². The molecule has 4 nitrogen and oxygen atoms in total. The summed E-state index contributed by atoms with van der Waals surface area (Å²) >= 11 is 0. The van der Waals surface area contributed by atoms with Crippen molar-refractivity contribution in [1.82, 2.24) is 0 Å². The molecule has 1 amide bonds. The maximum absolute atomic E-state index is 13.0. The molecule has 0 bridgehead atoms. The van der Waals surface area contributed by atoms with E-state index in [9.17, 15) is 4.79 Å². The van der Waals surface area contributed by atoms with Gasteiger partial charge >= 0.3 is 0 Å². The molecule has 2 aromatic carbocycles. The molecule has 1 aliphatic carbocycles. The number of anilines is 1. The maximum Gasteiger partial charge on any atom is 0.279 e. The molecule has 2 aromatic rings. The molecule has 0 saturated heterocycles. The maximum atomic E-state index is 13.0. The third-order valence-electron chi connectivity index (χ3n) is 5.77. The van der Waals surface area contributed by atoms with Crippen LogP contribution in [0, 0.1) is 0 Å². The summed E-state index contributed by atoms with van der Waals surface area (Å²) in [7, 11) is 1.68. The number of carbonyl (C=O) groups excluding carboxylic acids is 1. The third kappa shape index (κ3) is 5.60. The summed E-state index contributed by atoms with van der Waals surface area (Å²) in [6.07, 6.45) is 2.41. The van der Waals surface area contributed by atoms with Crippen molar-refractivity contribution >= 4 is 11.6 Å². The Bertz CT molecular complexity index is 797. The monoisotopic (exact) mass is 395 g/mol. The zero-order valence-corrected chi connectivity index (χ0v) is 18.4. The molecule has 3 rings (SSSR count). The van der Waals surface area contributed by atoms with E-state index in [0.717, 1.165) is 18.0 Å². The van der Waals surface area contributed by atoms with Crippen LogP contribution in [0.2, 0.25) is 0 Å². The van der Waals surface area contributed by atoms with E-state index in [0.29, 0.717) is 24.4 Å². The lowest BCUT2D eigenvalue weighted by Crippen LogP contribution is -3.13. The van der Waals surface area contributed by atoms with E-state index < -0.39 is 0 Å². The van der Waals surface area contributed by atoms with Gasteiger partial charge in [-0.2, -0.15) is 0 Å². The molecule has 0 heterocycles. The van der Waals surface area contributed by atoms with Crippen molar-refractivity contribution in [3.63, 3.8) is 0 Å². The Hall–Kier alpha value is -2.33. The highest BCUT2D eigenvalue weighted by Gasteiger charge is 2.34. The van der Waals surface area contributed by atoms with Gasteiger partial charge in [0.25, 0.3) is 5.91 Å². The number of methoxy groups -OCH3 is 1. The summed E-state index contributed by atoms with van der Waals surface area (Å²) in [6.45, 7) is 10.1. The van der Waals surface area contributed by atoms with Crippen LogP contribution in [-0.4, -0.2) is 25.6 Å². The van der Waals surface area contributed by atoms with Gasteiger partial charge in [-0.15, -0.1) is 0 Å². The molecule has 156 valence electrons. The SMILES string of the molecule is COc1ccc(C[NH+](CC(=O)Nc2c(C(C)C)cccc2C(C)C)C2CC2)cc1. The van der Waals surface area contributed by atoms with E-state index in [4.69, 9.17) is 4.74 Å².